The first-order chi connectivity index (χ1) is 8.04. The third kappa shape index (κ3) is 4.89. The fourth-order valence-electron chi connectivity index (χ4n) is 1.70. The van der Waals surface area contributed by atoms with Gasteiger partial charge in [0, 0.05) is 10.4 Å². The van der Waals surface area contributed by atoms with Crippen LogP contribution < -0.4 is 4.74 Å². The third-order valence-corrected chi connectivity index (χ3v) is 3.95. The predicted molar refractivity (Wildman–Crippen MR) is 78.6 cm³/mol. The van der Waals surface area contributed by atoms with Crippen LogP contribution in [-0.2, 0) is 0 Å². The summed E-state index contributed by atoms with van der Waals surface area (Å²) >= 11 is 9.57. The second-order valence-corrected chi connectivity index (χ2v) is 5.76. The zero-order valence-corrected chi connectivity index (χ0v) is 13.1. The van der Waals surface area contributed by atoms with Gasteiger partial charge in [0.15, 0.2) is 0 Å². The molecule has 0 N–H and O–H groups in total. The van der Waals surface area contributed by atoms with Gasteiger partial charge in [0.05, 0.1) is 6.61 Å². The van der Waals surface area contributed by atoms with Gasteiger partial charge in [0.25, 0.3) is 0 Å². The lowest BCUT2D eigenvalue weighted by molar-refractivity contribution is 0.282. The van der Waals surface area contributed by atoms with Gasteiger partial charge < -0.3 is 4.74 Å². The summed E-state index contributed by atoms with van der Waals surface area (Å²) in [4.78, 5) is 0. The van der Waals surface area contributed by atoms with E-state index in [0.29, 0.717) is 5.92 Å². The van der Waals surface area contributed by atoms with Crippen LogP contribution in [0, 0.1) is 19.8 Å². The van der Waals surface area contributed by atoms with E-state index in [1.54, 1.807) is 0 Å². The van der Waals surface area contributed by atoms with Crippen molar-refractivity contribution in [2.45, 2.75) is 33.6 Å². The molecule has 0 saturated heterocycles. The molecule has 3 heteroatoms. The first-order valence-corrected chi connectivity index (χ1v) is 7.50. The number of benzene rings is 1. The highest BCUT2D eigenvalue weighted by atomic mass is 79.9. The molecule has 0 spiro atoms. The first-order valence-electron chi connectivity index (χ1n) is 6.00. The number of hydrogen-bond acceptors (Lipinski definition) is 1. The minimum Gasteiger partial charge on any atom is -0.494 e. The Balaban J connectivity index is 2.47. The highest BCUT2D eigenvalue weighted by molar-refractivity contribution is 9.09. The molecule has 0 aliphatic rings. The molecule has 17 heavy (non-hydrogen) atoms. The van der Waals surface area contributed by atoms with E-state index in [4.69, 9.17) is 16.3 Å². The molecule has 1 aromatic rings. The average Bonchev–Trinajstić information content (AvgIpc) is 2.26. The summed E-state index contributed by atoms with van der Waals surface area (Å²) in [5.74, 6) is 1.62. The second-order valence-electron chi connectivity index (χ2n) is 4.59. The maximum absolute atomic E-state index is 6.11. The van der Waals surface area contributed by atoms with E-state index in [1.165, 1.54) is 6.42 Å². The molecule has 0 fully saturated rings. The zero-order chi connectivity index (χ0) is 12.8. The van der Waals surface area contributed by atoms with Crippen LogP contribution in [0.5, 0.6) is 5.75 Å². The Labute approximate surface area is 118 Å². The maximum atomic E-state index is 6.11. The number of rotatable bonds is 6. The van der Waals surface area contributed by atoms with Crippen LogP contribution in [0.2, 0.25) is 5.02 Å². The quantitative estimate of drug-likeness (QED) is 0.659. The fraction of sp³-hybridized carbons (Fsp3) is 0.571. The Morgan fingerprint density at radius 1 is 1.24 bits per heavy atom. The molecule has 0 heterocycles. The summed E-state index contributed by atoms with van der Waals surface area (Å²) in [6.07, 6.45) is 2.29. The molecule has 0 bridgehead atoms. The van der Waals surface area contributed by atoms with E-state index in [0.717, 1.165) is 40.3 Å². The lowest BCUT2D eigenvalue weighted by Gasteiger charge is -2.12. The molecule has 1 aromatic carbocycles. The summed E-state index contributed by atoms with van der Waals surface area (Å²) in [5.41, 5.74) is 2.16. The highest BCUT2D eigenvalue weighted by Crippen LogP contribution is 2.26. The van der Waals surface area contributed by atoms with Gasteiger partial charge in [-0.25, -0.2) is 0 Å². The molecule has 1 rings (SSSR count). The van der Waals surface area contributed by atoms with Crippen LogP contribution in [0.25, 0.3) is 0 Å². The van der Waals surface area contributed by atoms with E-state index in [-0.39, 0.29) is 0 Å². The van der Waals surface area contributed by atoms with Crippen LogP contribution in [0.4, 0.5) is 0 Å². The summed E-state index contributed by atoms with van der Waals surface area (Å²) in [7, 11) is 0. The number of halogens is 2. The van der Waals surface area contributed by atoms with Crippen molar-refractivity contribution in [1.82, 2.24) is 0 Å². The van der Waals surface area contributed by atoms with Crippen LogP contribution >= 0.6 is 27.5 Å². The van der Waals surface area contributed by atoms with Crippen molar-refractivity contribution in [1.29, 1.82) is 0 Å². The molecule has 0 aliphatic carbocycles. The van der Waals surface area contributed by atoms with Gasteiger partial charge in [-0.3, -0.25) is 0 Å². The Morgan fingerprint density at radius 3 is 2.35 bits per heavy atom. The Hall–Kier alpha value is -0.210. The van der Waals surface area contributed by atoms with E-state index < -0.39 is 0 Å². The second kappa shape index (κ2) is 7.27. The van der Waals surface area contributed by atoms with Gasteiger partial charge in [0.1, 0.15) is 5.75 Å². The van der Waals surface area contributed by atoms with E-state index in [2.05, 4.69) is 22.9 Å². The monoisotopic (exact) mass is 318 g/mol. The summed E-state index contributed by atoms with van der Waals surface area (Å²) in [6, 6.07) is 4.01. The molecule has 1 nitrogen and oxygen atoms in total. The topological polar surface area (TPSA) is 9.23 Å². The lowest BCUT2D eigenvalue weighted by Crippen LogP contribution is -2.05. The lowest BCUT2D eigenvalue weighted by atomic mass is 10.1. The van der Waals surface area contributed by atoms with Gasteiger partial charge >= 0.3 is 0 Å². The number of aryl methyl sites for hydroxylation is 2. The largest absolute Gasteiger partial charge is 0.494 e. The van der Waals surface area contributed by atoms with Gasteiger partial charge in [-0.15, -0.1) is 0 Å². The van der Waals surface area contributed by atoms with Crippen molar-refractivity contribution >= 4 is 27.5 Å². The van der Waals surface area contributed by atoms with Crippen molar-refractivity contribution in [3.05, 3.63) is 28.3 Å². The molecule has 1 atom stereocenters. The Bertz CT molecular complexity index is 342. The average molecular weight is 320 g/mol. The number of alkyl halides is 1. The molecular formula is C14H20BrClO. The molecule has 96 valence electrons. The standard InChI is InChI=1S/C14H20BrClO/c1-10(4-6-15)5-7-17-13-8-11(2)14(16)12(3)9-13/h8-10H,4-7H2,1-3H3. The normalized spacial score (nSPS) is 12.5. The van der Waals surface area contributed by atoms with Crippen LogP contribution in [0.15, 0.2) is 12.1 Å². The van der Waals surface area contributed by atoms with E-state index >= 15 is 0 Å². The van der Waals surface area contributed by atoms with Crippen molar-refractivity contribution in [3.8, 4) is 5.75 Å². The minimum atomic E-state index is 0.698. The van der Waals surface area contributed by atoms with E-state index in [9.17, 15) is 0 Å². The van der Waals surface area contributed by atoms with Gasteiger partial charge in [0.2, 0.25) is 0 Å². The molecule has 0 saturated carbocycles. The van der Waals surface area contributed by atoms with Gasteiger partial charge in [-0.1, -0.05) is 34.5 Å². The Morgan fingerprint density at radius 2 is 1.82 bits per heavy atom. The van der Waals surface area contributed by atoms with Crippen LogP contribution in [-0.4, -0.2) is 11.9 Å². The molecular weight excluding hydrogens is 300 g/mol. The number of ether oxygens (including phenoxy) is 1. The van der Waals surface area contributed by atoms with Crippen molar-refractivity contribution in [3.63, 3.8) is 0 Å². The maximum Gasteiger partial charge on any atom is 0.119 e. The Kier molecular flexibility index (Phi) is 6.35. The number of hydrogen-bond donors (Lipinski definition) is 0. The summed E-state index contributed by atoms with van der Waals surface area (Å²) in [6.45, 7) is 7.04. The third-order valence-electron chi connectivity index (χ3n) is 2.89. The fourth-order valence-corrected chi connectivity index (χ4v) is 2.59. The minimum absolute atomic E-state index is 0.698. The zero-order valence-electron chi connectivity index (χ0n) is 10.7. The van der Waals surface area contributed by atoms with Crippen molar-refractivity contribution < 1.29 is 4.74 Å². The first kappa shape index (κ1) is 14.8. The smallest absolute Gasteiger partial charge is 0.119 e. The molecule has 0 amide bonds. The SMILES string of the molecule is Cc1cc(OCCC(C)CCBr)cc(C)c1Cl. The van der Waals surface area contributed by atoms with Crippen LogP contribution in [0.1, 0.15) is 30.9 Å². The van der Waals surface area contributed by atoms with E-state index in [1.807, 2.05) is 26.0 Å². The van der Waals surface area contributed by atoms with Gasteiger partial charge in [-0.05, 0) is 55.9 Å². The van der Waals surface area contributed by atoms with Gasteiger partial charge in [-0.2, -0.15) is 0 Å². The summed E-state index contributed by atoms with van der Waals surface area (Å²) < 4.78 is 5.77. The van der Waals surface area contributed by atoms with Crippen LogP contribution in [0.3, 0.4) is 0 Å². The molecule has 0 aromatic heterocycles. The predicted octanol–water partition coefficient (Wildman–Crippen LogP) is 5.15. The van der Waals surface area contributed by atoms with Crippen molar-refractivity contribution in [2.24, 2.45) is 5.92 Å². The van der Waals surface area contributed by atoms with Crippen molar-refractivity contribution in [2.75, 3.05) is 11.9 Å². The summed E-state index contributed by atoms with van der Waals surface area (Å²) in [5, 5.41) is 1.90. The molecule has 1 unspecified atom stereocenters. The molecule has 0 aliphatic heterocycles. The molecule has 0 radical (unpaired) electrons. The highest BCUT2D eigenvalue weighted by Gasteiger charge is 2.05.